The molecule has 0 bridgehead atoms. The molecule has 1 fully saturated rings. The van der Waals surface area contributed by atoms with Gasteiger partial charge in [-0.05, 0) is 49.9 Å². The number of nitrogens with one attached hydrogen (secondary N) is 1. The Morgan fingerprint density at radius 2 is 1.96 bits per heavy atom. The molecule has 0 unspecified atom stereocenters. The molecule has 4 rings (SSSR count). The normalized spacial score (nSPS) is 14.3. The third-order valence-corrected chi connectivity index (χ3v) is 5.75. The molecule has 0 atom stereocenters. The Labute approximate surface area is 163 Å². The maximum atomic E-state index is 12.7. The van der Waals surface area contributed by atoms with E-state index >= 15 is 0 Å². The Bertz CT molecular complexity index is 909. The first-order valence-corrected chi connectivity index (χ1v) is 10.3. The minimum Gasteiger partial charge on any atom is -0.348 e. The van der Waals surface area contributed by atoms with Gasteiger partial charge in [0.2, 0.25) is 0 Å². The number of thiazole rings is 1. The summed E-state index contributed by atoms with van der Waals surface area (Å²) >= 11 is 1.70. The van der Waals surface area contributed by atoms with Crippen molar-refractivity contribution in [2.75, 3.05) is 23.3 Å². The fourth-order valence-corrected chi connectivity index (χ4v) is 4.34. The highest BCUT2D eigenvalue weighted by molar-refractivity contribution is 7.13. The van der Waals surface area contributed by atoms with Gasteiger partial charge in [-0.2, -0.15) is 0 Å². The largest absolute Gasteiger partial charge is 0.348 e. The number of hydrogen-bond acceptors (Lipinski definition) is 4. The Hall–Kier alpha value is -2.60. The molecule has 6 heteroatoms. The number of para-hydroxylation sites is 1. The van der Waals surface area contributed by atoms with Gasteiger partial charge >= 0.3 is 0 Å². The Balaban J connectivity index is 1.49. The van der Waals surface area contributed by atoms with Crippen LogP contribution in [0.1, 0.15) is 41.0 Å². The van der Waals surface area contributed by atoms with E-state index in [2.05, 4.69) is 15.6 Å². The average molecular weight is 381 g/mol. The smallest absolute Gasteiger partial charge is 0.272 e. The highest BCUT2D eigenvalue weighted by Gasteiger charge is 2.17. The van der Waals surface area contributed by atoms with Crippen LogP contribution in [0.2, 0.25) is 0 Å². The SMILES string of the molecule is Cc1cc(C(=O)Nc2ccccc2)n(Cc2csc(N3CCCCC3)n2)c1. The van der Waals surface area contributed by atoms with Crippen LogP contribution in [0.3, 0.4) is 0 Å². The summed E-state index contributed by atoms with van der Waals surface area (Å²) in [5.41, 5.74) is 3.53. The van der Waals surface area contributed by atoms with Gasteiger partial charge in [0.15, 0.2) is 5.13 Å². The number of carbonyl (C=O) groups is 1. The Kier molecular flexibility index (Phi) is 5.25. The highest BCUT2D eigenvalue weighted by Crippen LogP contribution is 2.25. The molecule has 1 aromatic carbocycles. The molecule has 0 saturated carbocycles. The van der Waals surface area contributed by atoms with E-state index in [4.69, 9.17) is 4.98 Å². The van der Waals surface area contributed by atoms with Crippen molar-refractivity contribution in [3.05, 3.63) is 64.9 Å². The second-order valence-electron chi connectivity index (χ2n) is 7.02. The van der Waals surface area contributed by atoms with Crippen molar-refractivity contribution >= 4 is 28.1 Å². The molecule has 0 radical (unpaired) electrons. The molecule has 5 nitrogen and oxygen atoms in total. The molecule has 1 aliphatic heterocycles. The third-order valence-electron chi connectivity index (χ3n) is 4.80. The zero-order valence-corrected chi connectivity index (χ0v) is 16.3. The second-order valence-corrected chi connectivity index (χ2v) is 7.86. The molecule has 1 aliphatic rings. The van der Waals surface area contributed by atoms with E-state index in [1.807, 2.05) is 54.1 Å². The van der Waals surface area contributed by atoms with Gasteiger partial charge in [-0.15, -0.1) is 11.3 Å². The first kappa shape index (κ1) is 17.8. The number of carbonyl (C=O) groups excluding carboxylic acids is 1. The van der Waals surface area contributed by atoms with Gasteiger partial charge < -0.3 is 14.8 Å². The molecule has 1 amide bonds. The van der Waals surface area contributed by atoms with E-state index in [9.17, 15) is 4.79 Å². The van der Waals surface area contributed by atoms with Crippen molar-refractivity contribution in [2.45, 2.75) is 32.7 Å². The van der Waals surface area contributed by atoms with E-state index in [0.717, 1.165) is 35.2 Å². The number of aromatic nitrogens is 2. The van der Waals surface area contributed by atoms with E-state index in [1.54, 1.807) is 11.3 Å². The quantitative estimate of drug-likeness (QED) is 0.707. The summed E-state index contributed by atoms with van der Waals surface area (Å²) in [6.45, 7) is 4.81. The zero-order valence-electron chi connectivity index (χ0n) is 15.5. The summed E-state index contributed by atoms with van der Waals surface area (Å²) in [6, 6.07) is 11.5. The van der Waals surface area contributed by atoms with Crippen molar-refractivity contribution in [3.63, 3.8) is 0 Å². The monoisotopic (exact) mass is 380 g/mol. The number of hydrogen-bond donors (Lipinski definition) is 1. The summed E-state index contributed by atoms with van der Waals surface area (Å²) in [5.74, 6) is -0.0965. The summed E-state index contributed by atoms with van der Waals surface area (Å²) in [7, 11) is 0. The van der Waals surface area contributed by atoms with Gasteiger partial charge in [0.25, 0.3) is 5.91 Å². The van der Waals surface area contributed by atoms with Crippen LogP contribution in [0.5, 0.6) is 0 Å². The summed E-state index contributed by atoms with van der Waals surface area (Å²) in [5, 5.41) is 6.18. The Morgan fingerprint density at radius 3 is 2.74 bits per heavy atom. The van der Waals surface area contributed by atoms with Gasteiger partial charge in [0, 0.05) is 30.4 Å². The molecule has 0 aliphatic carbocycles. The van der Waals surface area contributed by atoms with Crippen LogP contribution in [0, 0.1) is 6.92 Å². The number of benzene rings is 1. The average Bonchev–Trinajstić information content (AvgIpc) is 3.30. The highest BCUT2D eigenvalue weighted by atomic mass is 32.1. The van der Waals surface area contributed by atoms with Crippen LogP contribution in [-0.2, 0) is 6.54 Å². The number of amides is 1. The first-order valence-electron chi connectivity index (χ1n) is 9.41. The maximum absolute atomic E-state index is 12.7. The fourth-order valence-electron chi connectivity index (χ4n) is 3.47. The lowest BCUT2D eigenvalue weighted by atomic mass is 10.1. The molecule has 0 spiro atoms. The summed E-state index contributed by atoms with van der Waals surface area (Å²) in [4.78, 5) is 19.9. The van der Waals surface area contributed by atoms with Crippen molar-refractivity contribution in [3.8, 4) is 0 Å². The van der Waals surface area contributed by atoms with Crippen molar-refractivity contribution in [1.82, 2.24) is 9.55 Å². The van der Waals surface area contributed by atoms with Crippen LogP contribution in [0.15, 0.2) is 48.0 Å². The van der Waals surface area contributed by atoms with Gasteiger partial charge in [-0.1, -0.05) is 18.2 Å². The minimum atomic E-state index is -0.0965. The number of aryl methyl sites for hydroxylation is 1. The van der Waals surface area contributed by atoms with E-state index < -0.39 is 0 Å². The second kappa shape index (κ2) is 7.96. The topological polar surface area (TPSA) is 50.2 Å². The molecule has 1 N–H and O–H groups in total. The van der Waals surface area contributed by atoms with Crippen LogP contribution in [0.25, 0.3) is 0 Å². The number of anilines is 2. The van der Waals surface area contributed by atoms with Gasteiger partial charge in [0.05, 0.1) is 12.2 Å². The van der Waals surface area contributed by atoms with Gasteiger partial charge in [-0.3, -0.25) is 4.79 Å². The predicted molar refractivity (Wildman–Crippen MR) is 111 cm³/mol. The molecule has 3 aromatic rings. The Morgan fingerprint density at radius 1 is 1.19 bits per heavy atom. The van der Waals surface area contributed by atoms with E-state index in [-0.39, 0.29) is 5.91 Å². The molecule has 3 heterocycles. The molecule has 2 aromatic heterocycles. The zero-order chi connectivity index (χ0) is 18.6. The molecular formula is C21H24N4OS. The first-order chi connectivity index (χ1) is 13.2. The number of piperidine rings is 1. The summed E-state index contributed by atoms with van der Waals surface area (Å²) in [6.07, 6.45) is 5.82. The van der Waals surface area contributed by atoms with E-state index in [1.165, 1.54) is 19.3 Å². The van der Waals surface area contributed by atoms with E-state index in [0.29, 0.717) is 12.2 Å². The maximum Gasteiger partial charge on any atom is 0.272 e. The third kappa shape index (κ3) is 4.22. The van der Waals surface area contributed by atoms with Crippen LogP contribution in [0.4, 0.5) is 10.8 Å². The lowest BCUT2D eigenvalue weighted by Crippen LogP contribution is -2.29. The molecular weight excluding hydrogens is 356 g/mol. The molecule has 1 saturated heterocycles. The summed E-state index contributed by atoms with van der Waals surface area (Å²) < 4.78 is 1.99. The minimum absolute atomic E-state index is 0.0965. The molecule has 27 heavy (non-hydrogen) atoms. The van der Waals surface area contributed by atoms with Crippen molar-refractivity contribution in [2.24, 2.45) is 0 Å². The number of nitrogens with zero attached hydrogens (tertiary/aromatic N) is 3. The van der Waals surface area contributed by atoms with Gasteiger partial charge in [-0.25, -0.2) is 4.98 Å². The number of rotatable bonds is 5. The standard InChI is InChI=1S/C21H24N4OS/c1-16-12-19(20(26)22-17-8-4-2-5-9-17)25(13-16)14-18-15-27-21(23-18)24-10-6-3-7-11-24/h2,4-5,8-9,12-13,15H,3,6-7,10-11,14H2,1H3,(H,22,26). The predicted octanol–water partition coefficient (Wildman–Crippen LogP) is 4.54. The lowest BCUT2D eigenvalue weighted by Gasteiger charge is -2.25. The van der Waals surface area contributed by atoms with Crippen LogP contribution >= 0.6 is 11.3 Å². The lowest BCUT2D eigenvalue weighted by molar-refractivity contribution is 0.101. The van der Waals surface area contributed by atoms with Gasteiger partial charge in [0.1, 0.15) is 5.69 Å². The van der Waals surface area contributed by atoms with Crippen LogP contribution < -0.4 is 10.2 Å². The van der Waals surface area contributed by atoms with Crippen molar-refractivity contribution in [1.29, 1.82) is 0 Å². The fraction of sp³-hybridized carbons (Fsp3) is 0.333. The van der Waals surface area contributed by atoms with Crippen molar-refractivity contribution < 1.29 is 4.79 Å². The molecule has 140 valence electrons. The van der Waals surface area contributed by atoms with Crippen LogP contribution in [-0.4, -0.2) is 28.5 Å².